The minimum Gasteiger partial charge on any atom is -0.360 e. The monoisotopic (exact) mass is 224 g/mol. The Labute approximate surface area is 83.1 Å². The van der Waals surface area contributed by atoms with Crippen LogP contribution < -0.4 is 0 Å². The highest BCUT2D eigenvalue weighted by Crippen LogP contribution is 2.10. The van der Waals surface area contributed by atoms with Crippen LogP contribution in [0.3, 0.4) is 0 Å². The molecule has 0 N–H and O–H groups in total. The predicted molar refractivity (Wildman–Crippen MR) is 53.3 cm³/mol. The summed E-state index contributed by atoms with van der Waals surface area (Å²) in [6.45, 7) is 3.43. The molecule has 1 aliphatic rings. The molecule has 0 bridgehead atoms. The van der Waals surface area contributed by atoms with Crippen LogP contribution >= 0.6 is 10.7 Å². The quantitative estimate of drug-likeness (QED) is 0.384. The molecular formula is C7H13ClN2O2S. The highest BCUT2D eigenvalue weighted by Gasteiger charge is 2.13. The van der Waals surface area contributed by atoms with Crippen molar-refractivity contribution < 1.29 is 8.42 Å². The fourth-order valence-corrected chi connectivity index (χ4v) is 2.16. The van der Waals surface area contributed by atoms with E-state index < -0.39 is 9.24 Å². The summed E-state index contributed by atoms with van der Waals surface area (Å²) in [5.41, 5.74) is 0. The average Bonchev–Trinajstić information content (AvgIpc) is 2.03. The summed E-state index contributed by atoms with van der Waals surface area (Å²) in [6.07, 6.45) is 3.39. The van der Waals surface area contributed by atoms with Gasteiger partial charge in [0.25, 0.3) is 0 Å². The van der Waals surface area contributed by atoms with Crippen molar-refractivity contribution in [3.8, 4) is 0 Å². The van der Waals surface area contributed by atoms with Crippen molar-refractivity contribution in [2.75, 3.05) is 13.1 Å². The third kappa shape index (κ3) is 3.95. The first-order valence-electron chi connectivity index (χ1n) is 4.25. The molecule has 1 rings (SSSR count). The molecule has 4 nitrogen and oxygen atoms in total. The van der Waals surface area contributed by atoms with E-state index in [0.717, 1.165) is 25.9 Å². The van der Waals surface area contributed by atoms with Gasteiger partial charge in [-0.3, -0.25) is 0 Å². The van der Waals surface area contributed by atoms with Gasteiger partial charge in [0, 0.05) is 23.8 Å². The van der Waals surface area contributed by atoms with Crippen molar-refractivity contribution in [3.63, 3.8) is 0 Å². The molecule has 0 radical (unpaired) electrons. The molecule has 1 heterocycles. The van der Waals surface area contributed by atoms with E-state index in [2.05, 4.69) is 4.40 Å². The molecule has 0 aromatic carbocycles. The normalized spacial score (nSPS) is 20.5. The maximum absolute atomic E-state index is 10.6. The summed E-state index contributed by atoms with van der Waals surface area (Å²) in [5.74, 6) is 0.495. The summed E-state index contributed by atoms with van der Waals surface area (Å²) in [6, 6.07) is 0. The van der Waals surface area contributed by atoms with Crippen molar-refractivity contribution in [2.45, 2.75) is 26.2 Å². The fourth-order valence-electron chi connectivity index (χ4n) is 1.43. The molecule has 1 saturated heterocycles. The minimum absolute atomic E-state index is 0.495. The van der Waals surface area contributed by atoms with Crippen LogP contribution in [0, 0.1) is 0 Å². The van der Waals surface area contributed by atoms with Gasteiger partial charge >= 0.3 is 9.24 Å². The third-order valence-electron chi connectivity index (χ3n) is 2.05. The van der Waals surface area contributed by atoms with Gasteiger partial charge in [0.2, 0.25) is 0 Å². The number of hydrogen-bond acceptors (Lipinski definition) is 2. The first kappa shape index (κ1) is 10.8. The smallest absolute Gasteiger partial charge is 0.341 e. The van der Waals surface area contributed by atoms with E-state index in [4.69, 9.17) is 10.7 Å². The lowest BCUT2D eigenvalue weighted by Crippen LogP contribution is -2.34. The second kappa shape index (κ2) is 4.28. The first-order valence-corrected chi connectivity index (χ1v) is 6.52. The Balaban J connectivity index is 2.65. The van der Waals surface area contributed by atoms with Crippen molar-refractivity contribution >= 4 is 25.8 Å². The van der Waals surface area contributed by atoms with Gasteiger partial charge < -0.3 is 4.90 Å². The van der Waals surface area contributed by atoms with Gasteiger partial charge in [0.1, 0.15) is 5.84 Å². The Morgan fingerprint density at radius 1 is 1.31 bits per heavy atom. The number of amidine groups is 1. The van der Waals surface area contributed by atoms with Crippen LogP contribution in [0.4, 0.5) is 0 Å². The van der Waals surface area contributed by atoms with Crippen LogP contribution in [0.2, 0.25) is 0 Å². The van der Waals surface area contributed by atoms with E-state index in [9.17, 15) is 8.42 Å². The van der Waals surface area contributed by atoms with Gasteiger partial charge in [-0.1, -0.05) is 0 Å². The molecule has 0 aliphatic carbocycles. The SMILES string of the molecule is C/C(=N/S(=O)(=O)Cl)N1CCCCC1. The van der Waals surface area contributed by atoms with E-state index in [-0.39, 0.29) is 0 Å². The van der Waals surface area contributed by atoms with Crippen LogP contribution in [0.25, 0.3) is 0 Å². The van der Waals surface area contributed by atoms with Crippen LogP contribution in [-0.2, 0) is 9.24 Å². The molecule has 0 aromatic rings. The highest BCUT2D eigenvalue weighted by molar-refractivity contribution is 8.12. The Morgan fingerprint density at radius 3 is 2.31 bits per heavy atom. The number of hydrogen-bond donors (Lipinski definition) is 0. The standard InChI is InChI=1S/C7H13ClN2O2S/c1-7(9-13(8,11)12)10-5-3-2-4-6-10/h2-6H2,1H3/b9-7-. The molecule has 0 saturated carbocycles. The minimum atomic E-state index is -3.75. The molecule has 0 spiro atoms. The van der Waals surface area contributed by atoms with E-state index in [1.807, 2.05) is 4.90 Å². The maximum atomic E-state index is 10.6. The molecule has 6 heteroatoms. The summed E-state index contributed by atoms with van der Waals surface area (Å²) in [7, 11) is 1.25. The Morgan fingerprint density at radius 2 is 1.85 bits per heavy atom. The predicted octanol–water partition coefficient (Wildman–Crippen LogP) is 1.37. The summed E-state index contributed by atoms with van der Waals surface area (Å²) in [4.78, 5) is 1.95. The number of piperidine rings is 1. The highest BCUT2D eigenvalue weighted by atomic mass is 35.7. The fraction of sp³-hybridized carbons (Fsp3) is 0.857. The first-order chi connectivity index (χ1) is 5.99. The largest absolute Gasteiger partial charge is 0.360 e. The van der Waals surface area contributed by atoms with E-state index in [1.54, 1.807) is 6.92 Å². The average molecular weight is 225 g/mol. The zero-order chi connectivity index (χ0) is 9.90. The summed E-state index contributed by atoms with van der Waals surface area (Å²) >= 11 is 0. The van der Waals surface area contributed by atoms with E-state index in [1.165, 1.54) is 6.42 Å². The number of likely N-dealkylation sites (tertiary alicyclic amines) is 1. The lowest BCUT2D eigenvalue weighted by Gasteiger charge is -2.27. The summed E-state index contributed by atoms with van der Waals surface area (Å²) in [5, 5.41) is 0. The molecule has 0 aromatic heterocycles. The van der Waals surface area contributed by atoms with Gasteiger partial charge in [-0.15, -0.1) is 4.40 Å². The molecule has 1 aliphatic heterocycles. The Kier molecular flexibility index (Phi) is 3.55. The van der Waals surface area contributed by atoms with Gasteiger partial charge in [0.05, 0.1) is 0 Å². The van der Waals surface area contributed by atoms with Crippen molar-refractivity contribution in [2.24, 2.45) is 4.40 Å². The van der Waals surface area contributed by atoms with Crippen LogP contribution in [0.5, 0.6) is 0 Å². The summed E-state index contributed by atoms with van der Waals surface area (Å²) < 4.78 is 24.7. The van der Waals surface area contributed by atoms with Crippen molar-refractivity contribution in [3.05, 3.63) is 0 Å². The van der Waals surface area contributed by atoms with E-state index >= 15 is 0 Å². The molecule has 76 valence electrons. The lowest BCUT2D eigenvalue weighted by atomic mass is 10.1. The van der Waals surface area contributed by atoms with Gasteiger partial charge in [-0.05, 0) is 26.2 Å². The molecule has 0 unspecified atom stereocenters. The Hall–Kier alpha value is -0.290. The zero-order valence-electron chi connectivity index (χ0n) is 7.53. The zero-order valence-corrected chi connectivity index (χ0v) is 9.11. The van der Waals surface area contributed by atoms with Gasteiger partial charge in [-0.25, -0.2) is 0 Å². The van der Waals surface area contributed by atoms with Crippen molar-refractivity contribution in [1.82, 2.24) is 4.90 Å². The van der Waals surface area contributed by atoms with E-state index in [0.29, 0.717) is 5.84 Å². The Bertz CT molecular complexity index is 294. The van der Waals surface area contributed by atoms with Crippen LogP contribution in [0.15, 0.2) is 4.40 Å². The van der Waals surface area contributed by atoms with Crippen LogP contribution in [0.1, 0.15) is 26.2 Å². The molecule has 0 atom stereocenters. The van der Waals surface area contributed by atoms with Crippen molar-refractivity contribution in [1.29, 1.82) is 0 Å². The maximum Gasteiger partial charge on any atom is 0.341 e. The molecular weight excluding hydrogens is 212 g/mol. The van der Waals surface area contributed by atoms with Gasteiger partial charge in [-0.2, -0.15) is 8.42 Å². The number of nitrogens with zero attached hydrogens (tertiary/aromatic N) is 2. The second-order valence-corrected chi connectivity index (χ2v) is 5.28. The van der Waals surface area contributed by atoms with Gasteiger partial charge in [0.15, 0.2) is 0 Å². The van der Waals surface area contributed by atoms with Crippen LogP contribution in [-0.4, -0.2) is 32.2 Å². The number of rotatable bonds is 1. The third-order valence-corrected chi connectivity index (χ3v) is 2.74. The molecule has 1 fully saturated rings. The topological polar surface area (TPSA) is 49.7 Å². The second-order valence-electron chi connectivity index (χ2n) is 3.10. The number of halogens is 1. The lowest BCUT2D eigenvalue weighted by molar-refractivity contribution is 0.341. The molecule has 0 amide bonds. The molecule has 13 heavy (non-hydrogen) atoms.